The van der Waals surface area contributed by atoms with E-state index in [-0.39, 0.29) is 5.92 Å². The van der Waals surface area contributed by atoms with E-state index in [0.29, 0.717) is 6.42 Å². The zero-order valence-corrected chi connectivity index (χ0v) is 12.1. The van der Waals surface area contributed by atoms with Crippen LogP contribution in [-0.2, 0) is 11.2 Å². The summed E-state index contributed by atoms with van der Waals surface area (Å²) in [4.78, 5) is 10.9. The number of carboxylic acids is 1. The van der Waals surface area contributed by atoms with E-state index in [1.807, 2.05) is 19.9 Å². The zero-order valence-electron chi connectivity index (χ0n) is 10.5. The van der Waals surface area contributed by atoms with Gasteiger partial charge in [-0.2, -0.15) is 0 Å². The Morgan fingerprint density at radius 1 is 1.53 bits per heavy atom. The highest BCUT2D eigenvalue weighted by molar-refractivity contribution is 9.10. The average molecular weight is 301 g/mol. The molecule has 0 amide bonds. The van der Waals surface area contributed by atoms with E-state index in [2.05, 4.69) is 15.9 Å². The molecule has 1 rings (SSSR count). The van der Waals surface area contributed by atoms with Crippen LogP contribution in [0.4, 0.5) is 0 Å². The predicted octanol–water partition coefficient (Wildman–Crippen LogP) is 3.34. The zero-order chi connectivity index (χ0) is 13.2. The maximum atomic E-state index is 10.9. The molecule has 0 saturated heterocycles. The molecule has 0 radical (unpaired) electrons. The summed E-state index contributed by atoms with van der Waals surface area (Å²) in [5.41, 5.74) is 3.19. The topological polar surface area (TPSA) is 46.5 Å². The minimum atomic E-state index is -0.768. The standard InChI is InChI=1S/C13H17BrO3/c1-7-6-11(17-4)12(14)9(3)10(7)5-8(2)13(15)16/h6,8H,5H2,1-4H3,(H,15,16). The Balaban J connectivity index is 3.17. The molecule has 1 atom stereocenters. The van der Waals surface area contributed by atoms with Crippen LogP contribution in [0.5, 0.6) is 5.75 Å². The van der Waals surface area contributed by atoms with Gasteiger partial charge in [0.1, 0.15) is 5.75 Å². The van der Waals surface area contributed by atoms with Gasteiger partial charge in [-0.15, -0.1) is 0 Å². The number of ether oxygens (including phenoxy) is 1. The number of hydrogen-bond donors (Lipinski definition) is 1. The SMILES string of the molecule is COc1cc(C)c(CC(C)C(=O)O)c(C)c1Br. The summed E-state index contributed by atoms with van der Waals surface area (Å²) >= 11 is 3.48. The van der Waals surface area contributed by atoms with E-state index in [4.69, 9.17) is 9.84 Å². The van der Waals surface area contributed by atoms with Crippen LogP contribution in [-0.4, -0.2) is 18.2 Å². The maximum absolute atomic E-state index is 10.9. The lowest BCUT2D eigenvalue weighted by Gasteiger charge is -2.16. The first-order valence-corrected chi connectivity index (χ1v) is 6.23. The van der Waals surface area contributed by atoms with Gasteiger partial charge in [0.15, 0.2) is 0 Å². The van der Waals surface area contributed by atoms with Crippen molar-refractivity contribution in [2.45, 2.75) is 27.2 Å². The molecule has 3 nitrogen and oxygen atoms in total. The third-order valence-corrected chi connectivity index (χ3v) is 3.96. The quantitative estimate of drug-likeness (QED) is 0.928. The first-order chi connectivity index (χ1) is 7.88. The molecular formula is C13H17BrO3. The molecule has 1 aromatic rings. The number of methoxy groups -OCH3 is 1. The largest absolute Gasteiger partial charge is 0.496 e. The Kier molecular flexibility index (Phi) is 4.57. The Hall–Kier alpha value is -1.03. The highest BCUT2D eigenvalue weighted by atomic mass is 79.9. The third kappa shape index (κ3) is 3.00. The third-order valence-electron chi connectivity index (χ3n) is 2.97. The first kappa shape index (κ1) is 14.0. The van der Waals surface area contributed by atoms with E-state index >= 15 is 0 Å². The summed E-state index contributed by atoms with van der Waals surface area (Å²) < 4.78 is 6.15. The van der Waals surface area contributed by atoms with Crippen LogP contribution < -0.4 is 4.74 Å². The van der Waals surface area contributed by atoms with Crippen LogP contribution in [0.1, 0.15) is 23.6 Å². The maximum Gasteiger partial charge on any atom is 0.306 e. The lowest BCUT2D eigenvalue weighted by molar-refractivity contribution is -0.141. The van der Waals surface area contributed by atoms with Gasteiger partial charge in [0.05, 0.1) is 17.5 Å². The van der Waals surface area contributed by atoms with Gasteiger partial charge in [-0.05, 0) is 59.0 Å². The average Bonchev–Trinajstić information content (AvgIpc) is 2.28. The van der Waals surface area contributed by atoms with Crippen molar-refractivity contribution in [1.82, 2.24) is 0 Å². The Morgan fingerprint density at radius 3 is 2.59 bits per heavy atom. The van der Waals surface area contributed by atoms with Crippen LogP contribution in [0.25, 0.3) is 0 Å². The van der Waals surface area contributed by atoms with E-state index in [9.17, 15) is 4.79 Å². The summed E-state index contributed by atoms with van der Waals surface area (Å²) in [5.74, 6) is -0.366. The summed E-state index contributed by atoms with van der Waals surface area (Å²) in [6.45, 7) is 5.68. The van der Waals surface area contributed by atoms with Gasteiger partial charge in [-0.25, -0.2) is 0 Å². The number of rotatable bonds is 4. The van der Waals surface area contributed by atoms with Gasteiger partial charge in [0.2, 0.25) is 0 Å². The Bertz CT molecular complexity index is 441. The van der Waals surface area contributed by atoms with Crippen molar-refractivity contribution in [3.8, 4) is 5.75 Å². The van der Waals surface area contributed by atoms with Crippen LogP contribution in [0.3, 0.4) is 0 Å². The molecule has 1 N–H and O–H groups in total. The molecule has 0 aliphatic carbocycles. The van der Waals surface area contributed by atoms with Gasteiger partial charge in [-0.3, -0.25) is 4.79 Å². The van der Waals surface area contributed by atoms with E-state index < -0.39 is 5.97 Å². The molecule has 1 aromatic carbocycles. The second kappa shape index (κ2) is 5.54. The molecular weight excluding hydrogens is 284 g/mol. The van der Waals surface area contributed by atoms with Crippen molar-refractivity contribution < 1.29 is 14.6 Å². The fraction of sp³-hybridized carbons (Fsp3) is 0.462. The van der Waals surface area contributed by atoms with E-state index in [1.165, 1.54) is 0 Å². The molecule has 94 valence electrons. The minimum absolute atomic E-state index is 0.382. The van der Waals surface area contributed by atoms with Crippen LogP contribution in [0.15, 0.2) is 10.5 Å². The van der Waals surface area contributed by atoms with E-state index in [0.717, 1.165) is 26.9 Å². The number of carboxylic acid groups (broad SMARTS) is 1. The molecule has 0 spiro atoms. The van der Waals surface area contributed by atoms with E-state index in [1.54, 1.807) is 14.0 Å². The molecule has 0 fully saturated rings. The van der Waals surface area contributed by atoms with Crippen LogP contribution in [0, 0.1) is 19.8 Å². The summed E-state index contributed by atoms with van der Waals surface area (Å²) in [7, 11) is 1.62. The second-order valence-corrected chi connectivity index (χ2v) is 5.05. The van der Waals surface area contributed by atoms with Gasteiger partial charge in [-0.1, -0.05) is 6.92 Å². The first-order valence-electron chi connectivity index (χ1n) is 5.43. The van der Waals surface area contributed by atoms with Crippen molar-refractivity contribution in [2.24, 2.45) is 5.92 Å². The van der Waals surface area contributed by atoms with Gasteiger partial charge in [0, 0.05) is 0 Å². The number of aryl methyl sites for hydroxylation is 1. The lowest BCUT2D eigenvalue weighted by Crippen LogP contribution is -2.14. The van der Waals surface area contributed by atoms with Crippen LogP contribution >= 0.6 is 15.9 Å². The summed E-state index contributed by atoms with van der Waals surface area (Å²) in [6.07, 6.45) is 0.537. The number of benzene rings is 1. The smallest absolute Gasteiger partial charge is 0.306 e. The molecule has 0 heterocycles. The Labute approximate surface area is 110 Å². The number of aliphatic carboxylic acids is 1. The van der Waals surface area contributed by atoms with Crippen molar-refractivity contribution in [3.05, 3.63) is 27.2 Å². The van der Waals surface area contributed by atoms with Crippen molar-refractivity contribution >= 4 is 21.9 Å². The van der Waals surface area contributed by atoms with Crippen molar-refractivity contribution in [2.75, 3.05) is 7.11 Å². The molecule has 0 aliphatic heterocycles. The van der Waals surface area contributed by atoms with Crippen molar-refractivity contribution in [1.29, 1.82) is 0 Å². The predicted molar refractivity (Wildman–Crippen MR) is 70.7 cm³/mol. The summed E-state index contributed by atoms with van der Waals surface area (Å²) in [6, 6.07) is 1.93. The normalized spacial score (nSPS) is 12.3. The monoisotopic (exact) mass is 300 g/mol. The molecule has 0 bridgehead atoms. The molecule has 0 aromatic heterocycles. The minimum Gasteiger partial charge on any atom is -0.496 e. The number of halogens is 1. The van der Waals surface area contributed by atoms with Gasteiger partial charge >= 0.3 is 5.97 Å². The molecule has 0 aliphatic rings. The fourth-order valence-corrected chi connectivity index (χ4v) is 2.33. The molecule has 0 saturated carbocycles. The van der Waals surface area contributed by atoms with Gasteiger partial charge < -0.3 is 9.84 Å². The van der Waals surface area contributed by atoms with Gasteiger partial charge in [0.25, 0.3) is 0 Å². The number of carbonyl (C=O) groups is 1. The van der Waals surface area contributed by atoms with Crippen molar-refractivity contribution in [3.63, 3.8) is 0 Å². The van der Waals surface area contributed by atoms with Crippen LogP contribution in [0.2, 0.25) is 0 Å². The molecule has 17 heavy (non-hydrogen) atoms. The Morgan fingerprint density at radius 2 is 2.12 bits per heavy atom. The second-order valence-electron chi connectivity index (χ2n) is 4.26. The molecule has 4 heteroatoms. The summed E-state index contributed by atoms with van der Waals surface area (Å²) in [5, 5.41) is 8.96. The molecule has 1 unspecified atom stereocenters. The highest BCUT2D eigenvalue weighted by Gasteiger charge is 2.17. The highest BCUT2D eigenvalue weighted by Crippen LogP contribution is 2.34. The lowest BCUT2D eigenvalue weighted by atomic mass is 9.93. The number of hydrogen-bond acceptors (Lipinski definition) is 2. The fourth-order valence-electron chi connectivity index (χ4n) is 1.82.